The van der Waals surface area contributed by atoms with Gasteiger partial charge in [0, 0.05) is 34.9 Å². The molecule has 2 rings (SSSR count). The molecular formula is C25H25N3O3. The van der Waals surface area contributed by atoms with Crippen LogP contribution in [0, 0.1) is 31.1 Å². The molecule has 2 aromatic rings. The zero-order valence-electron chi connectivity index (χ0n) is 18.4. The van der Waals surface area contributed by atoms with E-state index in [-0.39, 0.29) is 18.2 Å². The van der Waals surface area contributed by atoms with Crippen molar-refractivity contribution in [3.63, 3.8) is 0 Å². The summed E-state index contributed by atoms with van der Waals surface area (Å²) in [5.41, 5.74) is 5.52. The molecule has 0 saturated heterocycles. The molecule has 0 bridgehead atoms. The molecule has 31 heavy (non-hydrogen) atoms. The number of hydrogen-bond acceptors (Lipinski definition) is 5. The van der Waals surface area contributed by atoms with Crippen molar-refractivity contribution in [1.29, 1.82) is 0 Å². The Labute approximate surface area is 183 Å². The highest BCUT2D eigenvalue weighted by Gasteiger charge is 2.19. The maximum Gasteiger partial charge on any atom is 0.273 e. The molecule has 158 valence electrons. The average Bonchev–Trinajstić information content (AvgIpc) is 2.78. The van der Waals surface area contributed by atoms with Gasteiger partial charge in [-0.2, -0.15) is 0 Å². The van der Waals surface area contributed by atoms with Crippen molar-refractivity contribution in [3.05, 3.63) is 69.8 Å². The lowest BCUT2D eigenvalue weighted by Crippen LogP contribution is -2.29. The standard InChI is InChI=1S/C25H25N3O3/c1-7-10-20-13-19(8-2)14-21(15-20)18(4)27-31-16-23-17(3)11-9-12-22(23)24(28-30-6)25(29)26-5/h2,9,11-15H,16H2,1,3-6H3,(H,26,29)/b27-18+,28-24+. The molecule has 0 aromatic heterocycles. The van der Waals surface area contributed by atoms with Crippen molar-refractivity contribution in [2.75, 3.05) is 14.2 Å². The van der Waals surface area contributed by atoms with Crippen LogP contribution in [0.3, 0.4) is 0 Å². The number of hydrogen-bond donors (Lipinski definition) is 1. The fraction of sp³-hybridized carbons (Fsp3) is 0.240. The quantitative estimate of drug-likeness (QED) is 0.428. The highest BCUT2D eigenvalue weighted by molar-refractivity contribution is 6.45. The van der Waals surface area contributed by atoms with Gasteiger partial charge in [-0.15, -0.1) is 12.3 Å². The van der Waals surface area contributed by atoms with E-state index < -0.39 is 0 Å². The minimum Gasteiger partial charge on any atom is -0.398 e. The van der Waals surface area contributed by atoms with Crippen molar-refractivity contribution in [1.82, 2.24) is 5.32 Å². The number of aryl methyl sites for hydroxylation is 1. The lowest BCUT2D eigenvalue weighted by Gasteiger charge is -2.13. The van der Waals surface area contributed by atoms with E-state index in [2.05, 4.69) is 33.4 Å². The second-order valence-corrected chi connectivity index (χ2v) is 6.57. The van der Waals surface area contributed by atoms with E-state index in [0.717, 1.165) is 27.8 Å². The predicted molar refractivity (Wildman–Crippen MR) is 123 cm³/mol. The SMILES string of the molecule is C#Cc1cc(C#CC)cc(/C(C)=N/OCc2c(C)cccc2/C(=N\OC)C(=O)NC)c1. The Bertz CT molecular complexity index is 1130. The van der Waals surface area contributed by atoms with E-state index in [1.165, 1.54) is 14.2 Å². The van der Waals surface area contributed by atoms with E-state index in [9.17, 15) is 4.79 Å². The van der Waals surface area contributed by atoms with Crippen molar-refractivity contribution >= 4 is 17.3 Å². The Kier molecular flexibility index (Phi) is 8.42. The van der Waals surface area contributed by atoms with Gasteiger partial charge in [0.2, 0.25) is 0 Å². The molecule has 0 aliphatic heterocycles. The number of terminal acetylenes is 1. The van der Waals surface area contributed by atoms with E-state index >= 15 is 0 Å². The van der Waals surface area contributed by atoms with Crippen LogP contribution in [0.15, 0.2) is 46.7 Å². The molecule has 0 atom stereocenters. The van der Waals surface area contributed by atoms with Crippen LogP contribution in [0.25, 0.3) is 0 Å². The number of carbonyl (C=O) groups is 1. The highest BCUT2D eigenvalue weighted by Crippen LogP contribution is 2.18. The second-order valence-electron chi connectivity index (χ2n) is 6.57. The molecule has 0 spiro atoms. The van der Waals surface area contributed by atoms with Gasteiger partial charge >= 0.3 is 0 Å². The summed E-state index contributed by atoms with van der Waals surface area (Å²) in [6, 6.07) is 11.2. The Morgan fingerprint density at radius 3 is 2.58 bits per heavy atom. The number of rotatable bonds is 7. The second kappa shape index (κ2) is 11.2. The molecule has 0 unspecified atom stereocenters. The summed E-state index contributed by atoms with van der Waals surface area (Å²) < 4.78 is 0. The van der Waals surface area contributed by atoms with Gasteiger partial charge in [-0.3, -0.25) is 4.79 Å². The Morgan fingerprint density at radius 1 is 1.19 bits per heavy atom. The van der Waals surface area contributed by atoms with E-state index in [1.54, 1.807) is 13.0 Å². The van der Waals surface area contributed by atoms with Crippen LogP contribution in [-0.4, -0.2) is 31.5 Å². The Balaban J connectivity index is 2.34. The van der Waals surface area contributed by atoms with Gasteiger partial charge in [-0.1, -0.05) is 40.4 Å². The third-order valence-electron chi connectivity index (χ3n) is 4.49. The lowest BCUT2D eigenvalue weighted by molar-refractivity contribution is -0.114. The maximum absolute atomic E-state index is 12.3. The van der Waals surface area contributed by atoms with Crippen LogP contribution >= 0.6 is 0 Å². The van der Waals surface area contributed by atoms with Gasteiger partial charge in [0.25, 0.3) is 5.91 Å². The van der Waals surface area contributed by atoms with Crippen molar-refractivity contribution in [2.24, 2.45) is 10.3 Å². The molecule has 2 aromatic carbocycles. The molecule has 0 heterocycles. The number of benzene rings is 2. The maximum atomic E-state index is 12.3. The van der Waals surface area contributed by atoms with Crippen molar-refractivity contribution in [3.8, 4) is 24.2 Å². The highest BCUT2D eigenvalue weighted by atomic mass is 16.6. The van der Waals surface area contributed by atoms with Gasteiger partial charge in [0.15, 0.2) is 5.71 Å². The van der Waals surface area contributed by atoms with Crippen LogP contribution in [0.5, 0.6) is 0 Å². The average molecular weight is 415 g/mol. The largest absolute Gasteiger partial charge is 0.398 e. The molecule has 0 saturated carbocycles. The lowest BCUT2D eigenvalue weighted by atomic mass is 9.98. The molecule has 0 aliphatic rings. The van der Waals surface area contributed by atoms with Gasteiger partial charge in [0.1, 0.15) is 13.7 Å². The molecule has 6 nitrogen and oxygen atoms in total. The first kappa shape index (κ1) is 23.3. The van der Waals surface area contributed by atoms with Gasteiger partial charge in [-0.25, -0.2) is 0 Å². The fourth-order valence-electron chi connectivity index (χ4n) is 2.92. The topological polar surface area (TPSA) is 72.3 Å². The molecule has 1 N–H and O–H groups in total. The smallest absolute Gasteiger partial charge is 0.273 e. The zero-order valence-corrected chi connectivity index (χ0v) is 18.4. The summed E-state index contributed by atoms with van der Waals surface area (Å²) in [5, 5.41) is 10.7. The van der Waals surface area contributed by atoms with E-state index in [4.69, 9.17) is 16.1 Å². The molecule has 0 aliphatic carbocycles. The zero-order chi connectivity index (χ0) is 22.8. The third kappa shape index (κ3) is 5.98. The van der Waals surface area contributed by atoms with Gasteiger partial charge in [0.05, 0.1) is 5.71 Å². The summed E-state index contributed by atoms with van der Waals surface area (Å²) in [6.45, 7) is 5.68. The molecule has 0 radical (unpaired) electrons. The van der Waals surface area contributed by atoms with Gasteiger partial charge < -0.3 is 15.0 Å². The number of likely N-dealkylation sites (N-methyl/N-ethyl adjacent to an activating group) is 1. The molecule has 0 fully saturated rings. The first-order valence-electron chi connectivity index (χ1n) is 9.58. The minimum absolute atomic E-state index is 0.148. The Morgan fingerprint density at radius 2 is 1.94 bits per heavy atom. The number of nitrogens with one attached hydrogen (secondary N) is 1. The number of carbonyl (C=O) groups excluding carboxylic acids is 1. The number of amides is 1. The van der Waals surface area contributed by atoms with Crippen LogP contribution in [0.1, 0.15) is 47.2 Å². The summed E-state index contributed by atoms with van der Waals surface area (Å²) in [7, 11) is 2.93. The molecule has 1 amide bonds. The summed E-state index contributed by atoms with van der Waals surface area (Å²) in [5.74, 6) is 8.15. The van der Waals surface area contributed by atoms with E-state index in [0.29, 0.717) is 11.3 Å². The normalized spacial score (nSPS) is 11.1. The number of oxime groups is 2. The van der Waals surface area contributed by atoms with E-state index in [1.807, 2.05) is 44.2 Å². The van der Waals surface area contributed by atoms with Crippen molar-refractivity contribution < 1.29 is 14.5 Å². The van der Waals surface area contributed by atoms with Gasteiger partial charge in [-0.05, 0) is 44.5 Å². The first-order valence-corrected chi connectivity index (χ1v) is 9.58. The van der Waals surface area contributed by atoms with Crippen LogP contribution < -0.4 is 5.32 Å². The monoisotopic (exact) mass is 415 g/mol. The Hall–Kier alpha value is -4.03. The summed E-state index contributed by atoms with van der Waals surface area (Å²) in [4.78, 5) is 22.8. The van der Waals surface area contributed by atoms with Crippen LogP contribution in [-0.2, 0) is 21.1 Å². The third-order valence-corrected chi connectivity index (χ3v) is 4.49. The first-order chi connectivity index (χ1) is 14.9. The fourth-order valence-corrected chi connectivity index (χ4v) is 2.92. The number of nitrogens with zero attached hydrogens (tertiary/aromatic N) is 2. The van der Waals surface area contributed by atoms with Crippen LogP contribution in [0.4, 0.5) is 0 Å². The minimum atomic E-state index is -0.357. The molecule has 6 heteroatoms. The van der Waals surface area contributed by atoms with Crippen molar-refractivity contribution in [2.45, 2.75) is 27.4 Å². The summed E-state index contributed by atoms with van der Waals surface area (Å²) >= 11 is 0. The van der Waals surface area contributed by atoms with Crippen LogP contribution in [0.2, 0.25) is 0 Å². The predicted octanol–water partition coefficient (Wildman–Crippen LogP) is 3.39. The molecular weight excluding hydrogens is 390 g/mol. The summed E-state index contributed by atoms with van der Waals surface area (Å²) in [6.07, 6.45) is 5.56.